The summed E-state index contributed by atoms with van der Waals surface area (Å²) in [6.45, 7) is 5.40. The number of nitrogens with zero attached hydrogens (tertiary/aromatic N) is 1. The molecular weight excluding hydrogens is 414 g/mol. The van der Waals surface area contributed by atoms with Crippen LogP contribution in [0.4, 0.5) is 0 Å². The van der Waals surface area contributed by atoms with Crippen molar-refractivity contribution in [1.82, 2.24) is 4.98 Å². The van der Waals surface area contributed by atoms with Gasteiger partial charge in [-0.05, 0) is 55.1 Å². The number of ether oxygens (including phenoxy) is 1. The normalized spacial score (nSPS) is 25.4. The van der Waals surface area contributed by atoms with Crippen LogP contribution in [0.3, 0.4) is 0 Å². The van der Waals surface area contributed by atoms with Crippen molar-refractivity contribution in [2.75, 3.05) is 6.61 Å². The number of hydrogen-bond acceptors (Lipinski definition) is 2. The zero-order valence-electron chi connectivity index (χ0n) is 22.7. The van der Waals surface area contributed by atoms with Crippen LogP contribution in [0.25, 0.3) is 0 Å². The Hall–Kier alpha value is -1.05. The minimum atomic E-state index is 0.824. The summed E-state index contributed by atoms with van der Waals surface area (Å²) in [5.41, 5.74) is 1.24. The lowest BCUT2D eigenvalue weighted by Gasteiger charge is -2.32. The zero-order chi connectivity index (χ0) is 23.8. The Balaban J connectivity index is 1.22. The fraction of sp³-hybridized carbons (Fsp3) is 0.844. The molecule has 1 aromatic heterocycles. The molecule has 2 fully saturated rings. The monoisotopic (exact) mass is 469 g/mol. The fourth-order valence-electron chi connectivity index (χ4n) is 6.49. The predicted molar refractivity (Wildman–Crippen MR) is 146 cm³/mol. The number of aromatic nitrogens is 1. The average molecular weight is 470 g/mol. The first-order chi connectivity index (χ1) is 16.8. The maximum Gasteiger partial charge on any atom is 0.137 e. The molecule has 0 amide bonds. The van der Waals surface area contributed by atoms with E-state index in [4.69, 9.17) is 4.74 Å². The van der Waals surface area contributed by atoms with Gasteiger partial charge >= 0.3 is 0 Å². The first kappa shape index (κ1) is 27.5. The van der Waals surface area contributed by atoms with Gasteiger partial charge in [-0.25, -0.2) is 0 Å². The highest BCUT2D eigenvalue weighted by Gasteiger charge is 2.24. The number of aryl methyl sites for hydroxylation is 1. The van der Waals surface area contributed by atoms with E-state index in [0.717, 1.165) is 48.9 Å². The molecule has 0 radical (unpaired) electrons. The molecule has 0 aliphatic heterocycles. The maximum absolute atomic E-state index is 5.84. The highest BCUT2D eigenvalue weighted by Crippen LogP contribution is 2.38. The van der Waals surface area contributed by atoms with Crippen LogP contribution in [0, 0.1) is 23.7 Å². The summed E-state index contributed by atoms with van der Waals surface area (Å²) < 4.78 is 5.84. The van der Waals surface area contributed by atoms with Crippen molar-refractivity contribution in [3.8, 4) is 5.75 Å². The van der Waals surface area contributed by atoms with E-state index in [1.54, 1.807) is 0 Å². The van der Waals surface area contributed by atoms with Gasteiger partial charge in [0, 0.05) is 5.69 Å². The Kier molecular flexibility index (Phi) is 13.4. The molecular formula is C32H55NO. The van der Waals surface area contributed by atoms with Gasteiger partial charge < -0.3 is 4.74 Å². The molecule has 34 heavy (non-hydrogen) atoms. The van der Waals surface area contributed by atoms with E-state index in [2.05, 4.69) is 31.0 Å². The summed E-state index contributed by atoms with van der Waals surface area (Å²) in [7, 11) is 0. The Morgan fingerprint density at radius 3 is 1.76 bits per heavy atom. The van der Waals surface area contributed by atoms with Gasteiger partial charge in [0.15, 0.2) is 0 Å². The molecule has 0 spiro atoms. The zero-order valence-corrected chi connectivity index (χ0v) is 22.7. The van der Waals surface area contributed by atoms with E-state index < -0.39 is 0 Å². The van der Waals surface area contributed by atoms with E-state index in [-0.39, 0.29) is 0 Å². The third-order valence-electron chi connectivity index (χ3n) is 9.00. The summed E-state index contributed by atoms with van der Waals surface area (Å²) in [5, 5.41) is 0. The van der Waals surface area contributed by atoms with Crippen LogP contribution in [0.15, 0.2) is 18.3 Å². The van der Waals surface area contributed by atoms with Gasteiger partial charge in [0.2, 0.25) is 0 Å². The third-order valence-corrected chi connectivity index (χ3v) is 9.00. The van der Waals surface area contributed by atoms with Crippen LogP contribution in [0.5, 0.6) is 5.75 Å². The minimum Gasteiger partial charge on any atom is -0.492 e. The Labute approximate surface area is 212 Å². The van der Waals surface area contributed by atoms with Crippen LogP contribution in [-0.4, -0.2) is 11.6 Å². The van der Waals surface area contributed by atoms with Gasteiger partial charge in [-0.3, -0.25) is 4.98 Å². The summed E-state index contributed by atoms with van der Waals surface area (Å²) in [6.07, 6.45) is 30.2. The lowest BCUT2D eigenvalue weighted by atomic mass is 9.74. The average Bonchev–Trinajstić information content (AvgIpc) is 2.88. The molecule has 2 aliphatic carbocycles. The molecule has 0 unspecified atom stereocenters. The summed E-state index contributed by atoms with van der Waals surface area (Å²) in [6, 6.07) is 4.31. The lowest BCUT2D eigenvalue weighted by Crippen LogP contribution is -2.18. The first-order valence-corrected chi connectivity index (χ1v) is 15.3. The van der Waals surface area contributed by atoms with Crippen LogP contribution >= 0.6 is 0 Å². The molecule has 1 aromatic rings. The van der Waals surface area contributed by atoms with Gasteiger partial charge in [-0.1, -0.05) is 123 Å². The minimum absolute atomic E-state index is 0.824. The van der Waals surface area contributed by atoms with Gasteiger partial charge in [0.1, 0.15) is 5.75 Å². The SMILES string of the molecule is CCCCCCOc1ccc(CCC2CCC(CCC3CCC(CCCCC)CC3)CC2)nc1. The molecule has 0 aromatic carbocycles. The standard InChI is InChI=1S/C32H55NO/c1-3-5-7-9-25-34-32-24-23-31(33-26-32)22-21-30-19-17-29(18-20-30)16-15-28-13-11-27(12-14-28)10-8-6-4-2/h23-24,26-30H,3-22,25H2,1-2H3. The maximum atomic E-state index is 5.84. The molecule has 194 valence electrons. The van der Waals surface area contributed by atoms with E-state index >= 15 is 0 Å². The van der Waals surface area contributed by atoms with Crippen LogP contribution in [0.2, 0.25) is 0 Å². The topological polar surface area (TPSA) is 22.1 Å². The quantitative estimate of drug-likeness (QED) is 0.225. The van der Waals surface area contributed by atoms with E-state index in [9.17, 15) is 0 Å². The first-order valence-electron chi connectivity index (χ1n) is 15.3. The second kappa shape index (κ2) is 16.6. The van der Waals surface area contributed by atoms with Gasteiger partial charge in [0.25, 0.3) is 0 Å². The Morgan fingerprint density at radius 1 is 0.647 bits per heavy atom. The van der Waals surface area contributed by atoms with Crippen molar-refractivity contribution >= 4 is 0 Å². The van der Waals surface area contributed by atoms with E-state index in [1.165, 1.54) is 121 Å². The highest BCUT2D eigenvalue weighted by molar-refractivity contribution is 5.19. The van der Waals surface area contributed by atoms with Crippen LogP contribution in [0.1, 0.15) is 142 Å². The molecule has 2 aliphatic rings. The number of pyridine rings is 1. The Morgan fingerprint density at radius 2 is 1.21 bits per heavy atom. The van der Waals surface area contributed by atoms with E-state index in [1.807, 2.05) is 6.20 Å². The van der Waals surface area contributed by atoms with Gasteiger partial charge in [0.05, 0.1) is 12.8 Å². The highest BCUT2D eigenvalue weighted by atomic mass is 16.5. The number of hydrogen-bond donors (Lipinski definition) is 0. The predicted octanol–water partition coefficient (Wildman–Crippen LogP) is 9.95. The second-order valence-corrected chi connectivity index (χ2v) is 11.8. The molecule has 1 heterocycles. The van der Waals surface area contributed by atoms with E-state index in [0.29, 0.717) is 0 Å². The molecule has 0 saturated heterocycles. The molecule has 0 N–H and O–H groups in total. The van der Waals surface area contributed by atoms with Crippen LogP contribution in [-0.2, 0) is 6.42 Å². The second-order valence-electron chi connectivity index (χ2n) is 11.8. The van der Waals surface area contributed by atoms with Crippen molar-refractivity contribution in [3.63, 3.8) is 0 Å². The molecule has 2 heteroatoms. The molecule has 0 atom stereocenters. The summed E-state index contributed by atoms with van der Waals surface area (Å²) in [5.74, 6) is 4.99. The molecule has 2 saturated carbocycles. The largest absolute Gasteiger partial charge is 0.492 e. The summed E-state index contributed by atoms with van der Waals surface area (Å²) >= 11 is 0. The number of rotatable bonds is 16. The Bertz CT molecular complexity index is 610. The molecule has 0 bridgehead atoms. The van der Waals surface area contributed by atoms with Gasteiger partial charge in [-0.2, -0.15) is 0 Å². The van der Waals surface area contributed by atoms with Crippen molar-refractivity contribution in [3.05, 3.63) is 24.0 Å². The van der Waals surface area contributed by atoms with Crippen molar-refractivity contribution < 1.29 is 4.74 Å². The van der Waals surface area contributed by atoms with Crippen molar-refractivity contribution in [2.45, 2.75) is 142 Å². The van der Waals surface area contributed by atoms with Crippen LogP contribution < -0.4 is 4.74 Å². The van der Waals surface area contributed by atoms with Gasteiger partial charge in [-0.15, -0.1) is 0 Å². The summed E-state index contributed by atoms with van der Waals surface area (Å²) in [4.78, 5) is 4.68. The third kappa shape index (κ3) is 10.7. The smallest absolute Gasteiger partial charge is 0.137 e. The van der Waals surface area contributed by atoms with Crippen molar-refractivity contribution in [2.24, 2.45) is 23.7 Å². The van der Waals surface area contributed by atoms with Crippen molar-refractivity contribution in [1.29, 1.82) is 0 Å². The lowest BCUT2D eigenvalue weighted by molar-refractivity contribution is 0.208. The molecule has 3 rings (SSSR count). The number of unbranched alkanes of at least 4 members (excludes halogenated alkanes) is 5. The fourth-order valence-corrected chi connectivity index (χ4v) is 6.49. The molecule has 2 nitrogen and oxygen atoms in total.